The number of hydrogen-bond donors (Lipinski definition) is 3. The SMILES string of the molecule is Nc1cccc2c1C(=O)c1c(O)ccc(N)c1C2=O. The van der Waals surface area contributed by atoms with E-state index in [2.05, 4.69) is 0 Å². The van der Waals surface area contributed by atoms with Gasteiger partial charge >= 0.3 is 0 Å². The molecule has 1 aliphatic carbocycles. The third-order valence-corrected chi connectivity index (χ3v) is 3.24. The molecule has 0 radical (unpaired) electrons. The standard InChI is InChI=1S/C14H10N2O3/c15-7-3-1-2-6-10(7)14(19)12-9(17)5-4-8(16)11(12)13(6)18/h1-5,17H,15-16H2. The van der Waals surface area contributed by atoms with E-state index in [1.54, 1.807) is 12.1 Å². The molecule has 2 aromatic carbocycles. The van der Waals surface area contributed by atoms with Crippen molar-refractivity contribution in [1.82, 2.24) is 0 Å². The van der Waals surface area contributed by atoms with Gasteiger partial charge < -0.3 is 16.6 Å². The molecule has 0 saturated heterocycles. The number of nitrogens with two attached hydrogens (primary N) is 2. The number of rotatable bonds is 0. The number of phenols is 1. The van der Waals surface area contributed by atoms with E-state index in [0.717, 1.165) is 0 Å². The molecule has 5 heteroatoms. The molecule has 5 nitrogen and oxygen atoms in total. The van der Waals surface area contributed by atoms with Crippen LogP contribution in [0.1, 0.15) is 31.8 Å². The summed E-state index contributed by atoms with van der Waals surface area (Å²) in [4.78, 5) is 24.8. The van der Waals surface area contributed by atoms with Crippen molar-refractivity contribution < 1.29 is 14.7 Å². The lowest BCUT2D eigenvalue weighted by Gasteiger charge is -2.20. The van der Waals surface area contributed by atoms with Gasteiger partial charge in [-0.2, -0.15) is 0 Å². The van der Waals surface area contributed by atoms with Crippen LogP contribution in [0, 0.1) is 0 Å². The van der Waals surface area contributed by atoms with Crippen molar-refractivity contribution >= 4 is 22.9 Å². The molecule has 0 aromatic heterocycles. The van der Waals surface area contributed by atoms with Crippen molar-refractivity contribution in [2.24, 2.45) is 0 Å². The molecule has 3 rings (SSSR count). The molecular weight excluding hydrogens is 244 g/mol. The van der Waals surface area contributed by atoms with E-state index in [1.807, 2.05) is 0 Å². The van der Waals surface area contributed by atoms with Crippen molar-refractivity contribution in [3.05, 3.63) is 52.6 Å². The fourth-order valence-corrected chi connectivity index (χ4v) is 2.35. The van der Waals surface area contributed by atoms with Gasteiger partial charge in [0.25, 0.3) is 0 Å². The summed E-state index contributed by atoms with van der Waals surface area (Å²) < 4.78 is 0. The van der Waals surface area contributed by atoms with Gasteiger partial charge in [0.2, 0.25) is 0 Å². The van der Waals surface area contributed by atoms with Gasteiger partial charge in [-0.3, -0.25) is 9.59 Å². The number of fused-ring (bicyclic) bond motifs is 2. The average Bonchev–Trinajstić information content (AvgIpc) is 2.38. The van der Waals surface area contributed by atoms with Gasteiger partial charge in [-0.25, -0.2) is 0 Å². The highest BCUT2D eigenvalue weighted by atomic mass is 16.3. The number of carbonyl (C=O) groups is 2. The first-order valence-corrected chi connectivity index (χ1v) is 5.61. The molecule has 0 spiro atoms. The van der Waals surface area contributed by atoms with E-state index < -0.39 is 11.6 Å². The van der Waals surface area contributed by atoms with Crippen LogP contribution in [-0.2, 0) is 0 Å². The Kier molecular flexibility index (Phi) is 2.13. The van der Waals surface area contributed by atoms with E-state index in [-0.39, 0.29) is 39.4 Å². The minimum absolute atomic E-state index is 0.0445. The third-order valence-electron chi connectivity index (χ3n) is 3.24. The van der Waals surface area contributed by atoms with Crippen LogP contribution in [0.15, 0.2) is 30.3 Å². The molecular formula is C14H10N2O3. The van der Waals surface area contributed by atoms with Crippen LogP contribution in [0.5, 0.6) is 5.75 Å². The second kappa shape index (κ2) is 3.58. The maximum absolute atomic E-state index is 12.4. The first-order valence-electron chi connectivity index (χ1n) is 5.61. The quantitative estimate of drug-likeness (QED) is 0.414. The third kappa shape index (κ3) is 1.35. The number of phenolic OH excluding ortho intramolecular Hbond substituents is 1. The molecule has 0 saturated carbocycles. The molecule has 0 unspecified atom stereocenters. The molecule has 0 fully saturated rings. The number of carbonyl (C=O) groups excluding carboxylic acids is 2. The maximum Gasteiger partial charge on any atom is 0.200 e. The summed E-state index contributed by atoms with van der Waals surface area (Å²) in [5.41, 5.74) is 12.2. The van der Waals surface area contributed by atoms with Gasteiger partial charge in [-0.1, -0.05) is 12.1 Å². The summed E-state index contributed by atoms with van der Waals surface area (Å²) in [6.45, 7) is 0. The first kappa shape index (κ1) is 11.3. The number of benzene rings is 2. The zero-order valence-corrected chi connectivity index (χ0v) is 9.81. The van der Waals surface area contributed by atoms with Crippen molar-refractivity contribution in [1.29, 1.82) is 0 Å². The molecule has 0 amide bonds. The van der Waals surface area contributed by atoms with Crippen LogP contribution < -0.4 is 11.5 Å². The van der Waals surface area contributed by atoms with Crippen molar-refractivity contribution in [2.45, 2.75) is 0 Å². The molecule has 0 atom stereocenters. The zero-order chi connectivity index (χ0) is 13.7. The lowest BCUT2D eigenvalue weighted by molar-refractivity contribution is 0.0978. The normalized spacial score (nSPS) is 13.1. The molecule has 1 aliphatic rings. The highest BCUT2D eigenvalue weighted by Gasteiger charge is 2.34. The van der Waals surface area contributed by atoms with E-state index in [9.17, 15) is 14.7 Å². The summed E-state index contributed by atoms with van der Waals surface area (Å²) in [6.07, 6.45) is 0. The number of anilines is 2. The van der Waals surface area contributed by atoms with Crippen LogP contribution in [0.2, 0.25) is 0 Å². The molecule has 0 aliphatic heterocycles. The van der Waals surface area contributed by atoms with E-state index >= 15 is 0 Å². The molecule has 0 bridgehead atoms. The second-order valence-corrected chi connectivity index (χ2v) is 4.35. The lowest BCUT2D eigenvalue weighted by atomic mass is 9.82. The molecule has 19 heavy (non-hydrogen) atoms. The summed E-state index contributed by atoms with van der Waals surface area (Å²) in [5, 5.41) is 9.82. The summed E-state index contributed by atoms with van der Waals surface area (Å²) in [5.74, 6) is -1.14. The fraction of sp³-hybridized carbons (Fsp3) is 0. The largest absolute Gasteiger partial charge is 0.507 e. The van der Waals surface area contributed by atoms with Crippen LogP contribution in [0.3, 0.4) is 0 Å². The minimum atomic E-state index is -0.479. The van der Waals surface area contributed by atoms with Gasteiger partial charge in [0, 0.05) is 16.9 Å². The van der Waals surface area contributed by atoms with Crippen LogP contribution in [0.25, 0.3) is 0 Å². The Morgan fingerprint density at radius 3 is 2.21 bits per heavy atom. The van der Waals surface area contributed by atoms with Crippen molar-refractivity contribution in [3.8, 4) is 5.75 Å². The zero-order valence-electron chi connectivity index (χ0n) is 9.81. The fourth-order valence-electron chi connectivity index (χ4n) is 2.35. The second-order valence-electron chi connectivity index (χ2n) is 4.35. The smallest absolute Gasteiger partial charge is 0.200 e. The predicted octanol–water partition coefficient (Wildman–Crippen LogP) is 1.33. The Morgan fingerprint density at radius 1 is 0.789 bits per heavy atom. The highest BCUT2D eigenvalue weighted by molar-refractivity contribution is 6.32. The molecule has 5 N–H and O–H groups in total. The van der Waals surface area contributed by atoms with E-state index in [0.29, 0.717) is 0 Å². The molecule has 2 aromatic rings. The number of aromatic hydroxyl groups is 1. The Labute approximate surface area is 108 Å². The monoisotopic (exact) mass is 254 g/mol. The van der Waals surface area contributed by atoms with E-state index in [1.165, 1.54) is 18.2 Å². The Morgan fingerprint density at radius 2 is 1.47 bits per heavy atom. The van der Waals surface area contributed by atoms with Gasteiger partial charge in [-0.15, -0.1) is 0 Å². The predicted molar refractivity (Wildman–Crippen MR) is 70.2 cm³/mol. The summed E-state index contributed by atoms with van der Waals surface area (Å²) >= 11 is 0. The van der Waals surface area contributed by atoms with Crippen molar-refractivity contribution in [2.75, 3.05) is 11.5 Å². The van der Waals surface area contributed by atoms with Gasteiger partial charge in [0.15, 0.2) is 11.6 Å². The van der Waals surface area contributed by atoms with Gasteiger partial charge in [0.05, 0.1) is 16.7 Å². The van der Waals surface area contributed by atoms with Crippen LogP contribution in [0.4, 0.5) is 11.4 Å². The Hall–Kier alpha value is -2.82. The first-order chi connectivity index (χ1) is 9.02. The Bertz CT molecular complexity index is 751. The van der Waals surface area contributed by atoms with Gasteiger partial charge in [0.1, 0.15) is 5.75 Å². The highest BCUT2D eigenvalue weighted by Crippen LogP contribution is 2.37. The van der Waals surface area contributed by atoms with Crippen molar-refractivity contribution in [3.63, 3.8) is 0 Å². The number of nitrogen functional groups attached to an aromatic ring is 2. The van der Waals surface area contributed by atoms with Gasteiger partial charge in [-0.05, 0) is 18.2 Å². The number of hydrogen-bond acceptors (Lipinski definition) is 5. The number of ketones is 2. The average molecular weight is 254 g/mol. The van der Waals surface area contributed by atoms with Crippen LogP contribution in [-0.4, -0.2) is 16.7 Å². The summed E-state index contributed by atoms with van der Waals surface area (Å²) in [7, 11) is 0. The summed E-state index contributed by atoms with van der Waals surface area (Å²) in [6, 6.07) is 7.36. The lowest BCUT2D eigenvalue weighted by Crippen LogP contribution is -2.23. The Balaban J connectivity index is 2.43. The topological polar surface area (TPSA) is 106 Å². The van der Waals surface area contributed by atoms with E-state index in [4.69, 9.17) is 11.5 Å². The van der Waals surface area contributed by atoms with Crippen LogP contribution >= 0.6 is 0 Å². The minimum Gasteiger partial charge on any atom is -0.507 e. The molecule has 0 heterocycles. The molecule has 94 valence electrons. The maximum atomic E-state index is 12.4.